The van der Waals surface area contributed by atoms with Crippen LogP contribution in [0.4, 0.5) is 5.69 Å². The largest absolute Gasteiger partial charge is 0.291 e. The standard InChI is InChI=1S/C8H7ClN2/c1-6-2-3-7(9)8(4-6)11-5-10/h2-4,11H,1H3. The first-order chi connectivity index (χ1) is 5.24. The van der Waals surface area contributed by atoms with E-state index in [1.807, 2.05) is 25.2 Å². The van der Waals surface area contributed by atoms with Crippen LogP contribution in [0.2, 0.25) is 5.02 Å². The van der Waals surface area contributed by atoms with Gasteiger partial charge in [0.2, 0.25) is 0 Å². The summed E-state index contributed by atoms with van der Waals surface area (Å²) in [4.78, 5) is 0. The molecule has 0 heterocycles. The Morgan fingerprint density at radius 3 is 2.91 bits per heavy atom. The third-order valence-corrected chi connectivity index (χ3v) is 1.64. The number of hydrogen-bond donors (Lipinski definition) is 1. The van der Waals surface area contributed by atoms with Gasteiger partial charge in [-0.2, -0.15) is 5.26 Å². The third-order valence-electron chi connectivity index (χ3n) is 1.31. The van der Waals surface area contributed by atoms with E-state index in [0.29, 0.717) is 10.7 Å². The molecule has 0 unspecified atom stereocenters. The van der Waals surface area contributed by atoms with Crippen LogP contribution in [-0.4, -0.2) is 0 Å². The van der Waals surface area contributed by atoms with Crippen molar-refractivity contribution in [2.45, 2.75) is 6.92 Å². The van der Waals surface area contributed by atoms with Crippen LogP contribution >= 0.6 is 11.6 Å². The molecule has 3 heteroatoms. The fourth-order valence-electron chi connectivity index (χ4n) is 0.795. The maximum Gasteiger partial charge on any atom is 0.181 e. The van der Waals surface area contributed by atoms with Gasteiger partial charge < -0.3 is 0 Å². The van der Waals surface area contributed by atoms with E-state index in [2.05, 4.69) is 5.32 Å². The minimum Gasteiger partial charge on any atom is -0.291 e. The average Bonchev–Trinajstić information content (AvgIpc) is 1.98. The van der Waals surface area contributed by atoms with Crippen molar-refractivity contribution >= 4 is 17.3 Å². The van der Waals surface area contributed by atoms with Gasteiger partial charge in [-0.3, -0.25) is 5.32 Å². The van der Waals surface area contributed by atoms with Crippen LogP contribution in [-0.2, 0) is 0 Å². The van der Waals surface area contributed by atoms with E-state index in [1.165, 1.54) is 0 Å². The Morgan fingerprint density at radius 1 is 1.55 bits per heavy atom. The van der Waals surface area contributed by atoms with Gasteiger partial charge in [0.1, 0.15) is 0 Å². The lowest BCUT2D eigenvalue weighted by Crippen LogP contribution is -1.88. The first-order valence-corrected chi connectivity index (χ1v) is 3.53. The van der Waals surface area contributed by atoms with Gasteiger partial charge in [-0.15, -0.1) is 0 Å². The molecule has 1 N–H and O–H groups in total. The summed E-state index contributed by atoms with van der Waals surface area (Å²) in [7, 11) is 0. The molecule has 1 aromatic carbocycles. The van der Waals surface area contributed by atoms with Crippen molar-refractivity contribution in [2.75, 3.05) is 5.32 Å². The Hall–Kier alpha value is -1.20. The molecule has 0 atom stereocenters. The zero-order valence-corrected chi connectivity index (χ0v) is 6.81. The Morgan fingerprint density at radius 2 is 2.27 bits per heavy atom. The van der Waals surface area contributed by atoms with Crippen molar-refractivity contribution in [3.8, 4) is 6.19 Å². The summed E-state index contributed by atoms with van der Waals surface area (Å²) in [6.45, 7) is 1.94. The molecule has 0 aliphatic carbocycles. The van der Waals surface area contributed by atoms with Crippen LogP contribution in [0.25, 0.3) is 0 Å². The lowest BCUT2D eigenvalue weighted by atomic mass is 10.2. The molecule has 1 rings (SSSR count). The fraction of sp³-hybridized carbons (Fsp3) is 0.125. The van der Waals surface area contributed by atoms with E-state index in [1.54, 1.807) is 6.07 Å². The van der Waals surface area contributed by atoms with Gasteiger partial charge in [-0.25, -0.2) is 0 Å². The number of aryl methyl sites for hydroxylation is 1. The van der Waals surface area contributed by atoms with E-state index < -0.39 is 0 Å². The summed E-state index contributed by atoms with van der Waals surface area (Å²) in [5.41, 5.74) is 1.74. The average molecular weight is 167 g/mol. The van der Waals surface area contributed by atoms with Crippen LogP contribution in [0.1, 0.15) is 5.56 Å². The van der Waals surface area contributed by atoms with Crippen molar-refractivity contribution in [3.63, 3.8) is 0 Å². The summed E-state index contributed by atoms with van der Waals surface area (Å²) in [6, 6.07) is 5.48. The number of nitrogens with zero attached hydrogens (tertiary/aromatic N) is 1. The van der Waals surface area contributed by atoms with E-state index in [-0.39, 0.29) is 0 Å². The van der Waals surface area contributed by atoms with Crippen LogP contribution < -0.4 is 5.32 Å². The zero-order chi connectivity index (χ0) is 8.27. The Kier molecular flexibility index (Phi) is 2.35. The van der Waals surface area contributed by atoms with E-state index in [0.717, 1.165) is 5.56 Å². The number of anilines is 1. The van der Waals surface area contributed by atoms with Crippen molar-refractivity contribution < 1.29 is 0 Å². The number of benzene rings is 1. The SMILES string of the molecule is Cc1ccc(Cl)c(NC#N)c1. The molecule has 0 amide bonds. The van der Waals surface area contributed by atoms with Crippen molar-refractivity contribution in [3.05, 3.63) is 28.8 Å². The second kappa shape index (κ2) is 3.27. The zero-order valence-electron chi connectivity index (χ0n) is 6.06. The Labute approximate surface area is 70.4 Å². The van der Waals surface area contributed by atoms with Gasteiger partial charge in [0.25, 0.3) is 0 Å². The number of nitriles is 1. The molecular weight excluding hydrogens is 160 g/mol. The monoisotopic (exact) mass is 166 g/mol. The second-order valence-electron chi connectivity index (χ2n) is 2.22. The van der Waals surface area contributed by atoms with E-state index in [9.17, 15) is 0 Å². The minimum absolute atomic E-state index is 0.567. The third kappa shape index (κ3) is 1.86. The molecule has 0 aliphatic heterocycles. The highest BCUT2D eigenvalue weighted by Crippen LogP contribution is 2.21. The normalized spacial score (nSPS) is 8.82. The molecule has 0 aliphatic rings. The highest BCUT2D eigenvalue weighted by atomic mass is 35.5. The molecule has 0 radical (unpaired) electrons. The van der Waals surface area contributed by atoms with Gasteiger partial charge in [0.15, 0.2) is 6.19 Å². The number of rotatable bonds is 1. The van der Waals surface area contributed by atoms with Crippen LogP contribution in [0.3, 0.4) is 0 Å². The summed E-state index contributed by atoms with van der Waals surface area (Å²) in [5, 5.41) is 11.4. The first kappa shape index (κ1) is 7.90. The number of hydrogen-bond acceptors (Lipinski definition) is 2. The molecule has 1 aromatic rings. The van der Waals surface area contributed by atoms with Crippen molar-refractivity contribution in [1.82, 2.24) is 0 Å². The predicted molar refractivity (Wildman–Crippen MR) is 45.4 cm³/mol. The quantitative estimate of drug-likeness (QED) is 0.514. The molecule has 0 fully saturated rings. The van der Waals surface area contributed by atoms with Crippen LogP contribution in [0.15, 0.2) is 18.2 Å². The van der Waals surface area contributed by atoms with Gasteiger partial charge >= 0.3 is 0 Å². The lowest BCUT2D eigenvalue weighted by Gasteiger charge is -2.00. The highest BCUT2D eigenvalue weighted by Gasteiger charge is 1.97. The van der Waals surface area contributed by atoms with Crippen molar-refractivity contribution in [2.24, 2.45) is 0 Å². The topological polar surface area (TPSA) is 35.8 Å². The smallest absolute Gasteiger partial charge is 0.181 e. The maximum absolute atomic E-state index is 8.32. The summed E-state index contributed by atoms with van der Waals surface area (Å²) in [6.07, 6.45) is 1.82. The fourth-order valence-corrected chi connectivity index (χ4v) is 0.960. The maximum atomic E-state index is 8.32. The van der Waals surface area contributed by atoms with Gasteiger partial charge in [0, 0.05) is 0 Å². The van der Waals surface area contributed by atoms with Crippen LogP contribution in [0, 0.1) is 18.4 Å². The summed E-state index contributed by atoms with van der Waals surface area (Å²) in [5.74, 6) is 0. The Balaban J connectivity index is 3.05. The number of nitrogens with one attached hydrogen (secondary N) is 1. The Bertz CT molecular complexity index is 301. The molecule has 0 spiro atoms. The van der Waals surface area contributed by atoms with E-state index >= 15 is 0 Å². The molecule has 0 saturated heterocycles. The molecule has 2 nitrogen and oxygen atoms in total. The second-order valence-corrected chi connectivity index (χ2v) is 2.63. The summed E-state index contributed by atoms with van der Waals surface area (Å²) < 4.78 is 0. The van der Waals surface area contributed by atoms with Gasteiger partial charge in [-0.05, 0) is 24.6 Å². The van der Waals surface area contributed by atoms with Crippen molar-refractivity contribution in [1.29, 1.82) is 5.26 Å². The molecule has 0 aromatic heterocycles. The van der Waals surface area contributed by atoms with E-state index in [4.69, 9.17) is 16.9 Å². The van der Waals surface area contributed by atoms with Gasteiger partial charge in [0.05, 0.1) is 10.7 Å². The molecule has 0 bridgehead atoms. The lowest BCUT2D eigenvalue weighted by molar-refractivity contribution is 1.43. The summed E-state index contributed by atoms with van der Waals surface area (Å²) >= 11 is 5.76. The minimum atomic E-state index is 0.567. The molecular formula is C8H7ClN2. The predicted octanol–water partition coefficient (Wildman–Crippen LogP) is 2.54. The first-order valence-electron chi connectivity index (χ1n) is 3.15. The number of halogens is 1. The molecule has 0 saturated carbocycles. The molecule has 11 heavy (non-hydrogen) atoms. The van der Waals surface area contributed by atoms with Gasteiger partial charge in [-0.1, -0.05) is 17.7 Å². The highest BCUT2D eigenvalue weighted by molar-refractivity contribution is 6.33. The molecule has 56 valence electrons. The van der Waals surface area contributed by atoms with Crippen LogP contribution in [0.5, 0.6) is 0 Å².